The predicted molar refractivity (Wildman–Crippen MR) is 114 cm³/mol. The summed E-state index contributed by atoms with van der Waals surface area (Å²) in [7, 11) is 1.60. The molecular formula is C23H25N3O4. The third-order valence-corrected chi connectivity index (χ3v) is 4.80. The lowest BCUT2D eigenvalue weighted by molar-refractivity contribution is -0.127. The first-order valence-corrected chi connectivity index (χ1v) is 9.62. The number of aromatic nitrogens is 2. The zero-order chi connectivity index (χ0) is 21.7. The second-order valence-corrected chi connectivity index (χ2v) is 7.02. The second-order valence-electron chi connectivity index (χ2n) is 7.02. The third-order valence-electron chi connectivity index (χ3n) is 4.80. The summed E-state index contributed by atoms with van der Waals surface area (Å²) >= 11 is 0. The third kappa shape index (κ3) is 5.05. The number of amides is 1. The van der Waals surface area contributed by atoms with Gasteiger partial charge in [-0.15, -0.1) is 5.10 Å². The summed E-state index contributed by atoms with van der Waals surface area (Å²) in [4.78, 5) is 24.6. The van der Waals surface area contributed by atoms with E-state index < -0.39 is 6.10 Å². The molecule has 30 heavy (non-hydrogen) atoms. The van der Waals surface area contributed by atoms with Crippen molar-refractivity contribution >= 4 is 5.91 Å². The minimum Gasteiger partial charge on any atom is -0.497 e. The second kappa shape index (κ2) is 9.26. The van der Waals surface area contributed by atoms with E-state index in [4.69, 9.17) is 9.47 Å². The van der Waals surface area contributed by atoms with Crippen LogP contribution in [0.4, 0.5) is 0 Å². The molecule has 0 fully saturated rings. The highest BCUT2D eigenvalue weighted by atomic mass is 16.5. The lowest BCUT2D eigenvalue weighted by Crippen LogP contribution is -2.36. The molecule has 7 heteroatoms. The van der Waals surface area contributed by atoms with Crippen LogP contribution in [0.15, 0.2) is 59.4 Å². The topological polar surface area (TPSA) is 82.5 Å². The number of hydrogen-bond acceptors (Lipinski definition) is 5. The smallest absolute Gasteiger partial charge is 0.271 e. The Labute approximate surface area is 175 Å². The molecule has 1 atom stereocenters. The summed E-state index contributed by atoms with van der Waals surface area (Å²) in [6.07, 6.45) is -0.776. The molecule has 156 valence electrons. The van der Waals surface area contributed by atoms with Crippen LogP contribution in [0.25, 0.3) is 5.69 Å². The average molecular weight is 407 g/mol. The minimum absolute atomic E-state index is 0.194. The molecule has 0 bridgehead atoms. The van der Waals surface area contributed by atoms with E-state index in [0.29, 0.717) is 12.2 Å². The van der Waals surface area contributed by atoms with E-state index in [-0.39, 0.29) is 17.3 Å². The van der Waals surface area contributed by atoms with Crippen LogP contribution in [0.1, 0.15) is 23.6 Å². The van der Waals surface area contributed by atoms with E-state index in [1.165, 1.54) is 16.8 Å². The van der Waals surface area contributed by atoms with Crippen molar-refractivity contribution in [3.05, 3.63) is 81.6 Å². The van der Waals surface area contributed by atoms with Gasteiger partial charge in [-0.05, 0) is 61.7 Å². The van der Waals surface area contributed by atoms with Crippen molar-refractivity contribution < 1.29 is 14.3 Å². The normalized spacial score (nSPS) is 11.6. The van der Waals surface area contributed by atoms with E-state index in [1.54, 1.807) is 14.0 Å². The van der Waals surface area contributed by atoms with Crippen LogP contribution in [0, 0.1) is 13.8 Å². The van der Waals surface area contributed by atoms with Gasteiger partial charge in [0.2, 0.25) is 5.88 Å². The van der Waals surface area contributed by atoms with Crippen molar-refractivity contribution in [3.8, 4) is 17.3 Å². The van der Waals surface area contributed by atoms with Crippen molar-refractivity contribution in [2.24, 2.45) is 0 Å². The molecule has 7 nitrogen and oxygen atoms in total. The van der Waals surface area contributed by atoms with Crippen LogP contribution >= 0.6 is 0 Å². The number of hydrogen-bond donors (Lipinski definition) is 1. The zero-order valence-electron chi connectivity index (χ0n) is 17.5. The van der Waals surface area contributed by atoms with Crippen molar-refractivity contribution in [1.29, 1.82) is 0 Å². The summed E-state index contributed by atoms with van der Waals surface area (Å²) in [6, 6.07) is 15.9. The molecule has 1 heterocycles. The predicted octanol–water partition coefficient (Wildman–Crippen LogP) is 2.94. The largest absolute Gasteiger partial charge is 0.497 e. The molecule has 0 radical (unpaired) electrons. The molecule has 1 N–H and O–H groups in total. The monoisotopic (exact) mass is 407 g/mol. The number of carbonyl (C=O) groups excluding carboxylic acids is 1. The van der Waals surface area contributed by atoms with E-state index in [0.717, 1.165) is 22.4 Å². The highest BCUT2D eigenvalue weighted by molar-refractivity contribution is 5.80. The van der Waals surface area contributed by atoms with Gasteiger partial charge in [-0.3, -0.25) is 9.59 Å². The maximum atomic E-state index is 12.4. The van der Waals surface area contributed by atoms with Crippen LogP contribution in [-0.4, -0.2) is 28.9 Å². The number of methoxy groups -OCH3 is 1. The first kappa shape index (κ1) is 21.1. The van der Waals surface area contributed by atoms with Gasteiger partial charge >= 0.3 is 0 Å². The highest BCUT2D eigenvalue weighted by Gasteiger charge is 2.16. The Morgan fingerprint density at radius 3 is 2.47 bits per heavy atom. The van der Waals surface area contributed by atoms with Gasteiger partial charge in [0.1, 0.15) is 5.75 Å². The van der Waals surface area contributed by atoms with Crippen molar-refractivity contribution in [1.82, 2.24) is 15.1 Å². The highest BCUT2D eigenvalue weighted by Crippen LogP contribution is 2.14. The molecule has 0 aliphatic heterocycles. The quantitative estimate of drug-likeness (QED) is 0.651. The molecule has 1 amide bonds. The van der Waals surface area contributed by atoms with E-state index >= 15 is 0 Å². The van der Waals surface area contributed by atoms with Crippen LogP contribution in [0.5, 0.6) is 11.6 Å². The number of ether oxygens (including phenoxy) is 2. The van der Waals surface area contributed by atoms with Gasteiger partial charge < -0.3 is 14.8 Å². The first-order chi connectivity index (χ1) is 14.4. The van der Waals surface area contributed by atoms with Gasteiger partial charge in [0.25, 0.3) is 11.5 Å². The van der Waals surface area contributed by atoms with Crippen molar-refractivity contribution in [2.45, 2.75) is 33.4 Å². The maximum Gasteiger partial charge on any atom is 0.271 e. The Morgan fingerprint density at radius 1 is 1.07 bits per heavy atom. The van der Waals surface area contributed by atoms with E-state index in [2.05, 4.69) is 10.4 Å². The molecule has 0 aliphatic carbocycles. The molecule has 0 unspecified atom stereocenters. The number of carbonyl (C=O) groups is 1. The van der Waals surface area contributed by atoms with Gasteiger partial charge in [-0.25, -0.2) is 0 Å². The van der Waals surface area contributed by atoms with Gasteiger partial charge in [0.15, 0.2) is 6.10 Å². The molecular weight excluding hydrogens is 382 g/mol. The molecule has 3 aromatic rings. The lowest BCUT2D eigenvalue weighted by atomic mass is 10.1. The molecule has 1 aromatic heterocycles. The van der Waals surface area contributed by atoms with Crippen LogP contribution in [0.2, 0.25) is 0 Å². The SMILES string of the molecule is COc1ccc(CNC(=O)[C@H](C)Oc2ccc(=O)n(-c3ccc(C)c(C)c3)n2)cc1. The number of benzene rings is 2. The average Bonchev–Trinajstić information content (AvgIpc) is 2.75. The molecule has 2 aromatic carbocycles. The summed E-state index contributed by atoms with van der Waals surface area (Å²) < 4.78 is 12.1. The Kier molecular flexibility index (Phi) is 6.51. The summed E-state index contributed by atoms with van der Waals surface area (Å²) in [5, 5.41) is 7.09. The Morgan fingerprint density at radius 2 is 1.80 bits per heavy atom. The van der Waals surface area contributed by atoms with Crippen molar-refractivity contribution in [2.75, 3.05) is 7.11 Å². The summed E-state index contributed by atoms with van der Waals surface area (Å²) in [6.45, 7) is 5.98. The lowest BCUT2D eigenvalue weighted by Gasteiger charge is -2.15. The Hall–Kier alpha value is -3.61. The number of aryl methyl sites for hydroxylation is 2. The first-order valence-electron chi connectivity index (χ1n) is 9.62. The van der Waals surface area contributed by atoms with Crippen LogP contribution < -0.4 is 20.3 Å². The van der Waals surface area contributed by atoms with Crippen LogP contribution in [0.3, 0.4) is 0 Å². The van der Waals surface area contributed by atoms with Gasteiger partial charge in [0.05, 0.1) is 12.8 Å². The fourth-order valence-electron chi connectivity index (χ4n) is 2.81. The summed E-state index contributed by atoms with van der Waals surface area (Å²) in [5.41, 5.74) is 3.49. The zero-order valence-corrected chi connectivity index (χ0v) is 17.5. The molecule has 0 spiro atoms. The molecule has 3 rings (SSSR count). The van der Waals surface area contributed by atoms with Gasteiger partial charge in [-0.1, -0.05) is 18.2 Å². The maximum absolute atomic E-state index is 12.4. The standard InChI is InChI=1S/C23H25N3O4/c1-15-5-8-19(13-16(15)2)26-22(27)12-11-21(25-26)30-17(3)23(28)24-14-18-6-9-20(29-4)10-7-18/h5-13,17H,14H2,1-4H3,(H,24,28)/t17-/m0/s1. The van der Waals surface area contributed by atoms with E-state index in [9.17, 15) is 9.59 Å². The Bertz CT molecular complexity index is 1090. The fraction of sp³-hybridized carbons (Fsp3) is 0.261. The molecule has 0 aliphatic rings. The van der Waals surface area contributed by atoms with Gasteiger partial charge in [0, 0.05) is 18.7 Å². The number of nitrogens with zero attached hydrogens (tertiary/aromatic N) is 2. The van der Waals surface area contributed by atoms with Crippen LogP contribution in [-0.2, 0) is 11.3 Å². The Balaban J connectivity index is 1.66. The van der Waals surface area contributed by atoms with Gasteiger partial charge in [-0.2, -0.15) is 4.68 Å². The fourth-order valence-corrected chi connectivity index (χ4v) is 2.81. The number of nitrogens with one attached hydrogen (secondary N) is 1. The molecule has 0 saturated carbocycles. The minimum atomic E-state index is -0.776. The summed E-state index contributed by atoms with van der Waals surface area (Å²) in [5.74, 6) is 0.670. The van der Waals surface area contributed by atoms with Crippen molar-refractivity contribution in [3.63, 3.8) is 0 Å². The molecule has 0 saturated heterocycles. The number of rotatable bonds is 7. The van der Waals surface area contributed by atoms with E-state index in [1.807, 2.05) is 56.3 Å².